The van der Waals surface area contributed by atoms with E-state index in [1.807, 2.05) is 0 Å². The summed E-state index contributed by atoms with van der Waals surface area (Å²) >= 11 is 0. The van der Waals surface area contributed by atoms with Crippen molar-refractivity contribution < 1.29 is 4.79 Å². The number of likely N-dealkylation sites (tertiary alicyclic amines) is 1. The van der Waals surface area contributed by atoms with Gasteiger partial charge < -0.3 is 10.2 Å². The number of nitrogens with one attached hydrogen (secondary N) is 1. The summed E-state index contributed by atoms with van der Waals surface area (Å²) in [6.07, 6.45) is 10.9. The standard InChI is InChI=1S/C17H30N2O.ClH/c1-2-17(5-3-4-6-17)15(20)19-13-9-16(10-14-19)7-11-18-12-8-16;/h18H,2-14H2,1H3;1H. The van der Waals surface area contributed by atoms with Crippen LogP contribution in [0.5, 0.6) is 0 Å². The molecule has 0 atom stereocenters. The fraction of sp³-hybridized carbons (Fsp3) is 0.941. The van der Waals surface area contributed by atoms with Crippen molar-refractivity contribution in [2.45, 2.75) is 64.7 Å². The molecular weight excluding hydrogens is 284 g/mol. The van der Waals surface area contributed by atoms with Crippen molar-refractivity contribution >= 4 is 18.3 Å². The number of carbonyl (C=O) groups is 1. The van der Waals surface area contributed by atoms with Gasteiger partial charge in [-0.2, -0.15) is 0 Å². The molecule has 3 nitrogen and oxygen atoms in total. The lowest BCUT2D eigenvalue weighted by Gasteiger charge is -2.46. The van der Waals surface area contributed by atoms with E-state index in [0.29, 0.717) is 11.3 Å². The first kappa shape index (κ1) is 17.1. The van der Waals surface area contributed by atoms with Gasteiger partial charge in [-0.25, -0.2) is 0 Å². The molecule has 1 aliphatic carbocycles. The number of carbonyl (C=O) groups excluding carboxylic acids is 1. The summed E-state index contributed by atoms with van der Waals surface area (Å²) in [7, 11) is 0. The van der Waals surface area contributed by atoms with Gasteiger partial charge in [0, 0.05) is 18.5 Å². The average Bonchev–Trinajstić information content (AvgIpc) is 2.98. The van der Waals surface area contributed by atoms with Crippen molar-refractivity contribution in [2.24, 2.45) is 10.8 Å². The van der Waals surface area contributed by atoms with E-state index in [0.717, 1.165) is 32.4 Å². The molecule has 0 unspecified atom stereocenters. The molecule has 1 amide bonds. The molecule has 2 saturated heterocycles. The van der Waals surface area contributed by atoms with Crippen LogP contribution in [-0.2, 0) is 4.79 Å². The second-order valence-corrected chi connectivity index (χ2v) is 7.38. The topological polar surface area (TPSA) is 32.3 Å². The van der Waals surface area contributed by atoms with E-state index < -0.39 is 0 Å². The SMILES string of the molecule is CCC1(C(=O)N2CCC3(CCNCC3)CC2)CCCC1.Cl. The summed E-state index contributed by atoms with van der Waals surface area (Å²) in [4.78, 5) is 15.1. The predicted octanol–water partition coefficient (Wildman–Crippen LogP) is 3.37. The lowest BCUT2D eigenvalue weighted by Crippen LogP contribution is -2.50. The molecule has 21 heavy (non-hydrogen) atoms. The van der Waals surface area contributed by atoms with Crippen LogP contribution < -0.4 is 5.32 Å². The Balaban J connectivity index is 0.00000161. The highest BCUT2D eigenvalue weighted by molar-refractivity contribution is 5.85. The van der Waals surface area contributed by atoms with Crippen molar-refractivity contribution in [3.63, 3.8) is 0 Å². The van der Waals surface area contributed by atoms with Crippen LogP contribution in [0.25, 0.3) is 0 Å². The van der Waals surface area contributed by atoms with Crippen LogP contribution in [0.4, 0.5) is 0 Å². The maximum Gasteiger partial charge on any atom is 0.228 e. The Morgan fingerprint density at radius 3 is 2.10 bits per heavy atom. The van der Waals surface area contributed by atoms with Gasteiger partial charge in [0.2, 0.25) is 5.91 Å². The smallest absolute Gasteiger partial charge is 0.228 e. The maximum atomic E-state index is 12.9. The minimum Gasteiger partial charge on any atom is -0.342 e. The van der Waals surface area contributed by atoms with Crippen LogP contribution in [0, 0.1) is 10.8 Å². The highest BCUT2D eigenvalue weighted by Gasteiger charge is 2.44. The number of hydrogen-bond donors (Lipinski definition) is 1. The molecule has 0 aromatic carbocycles. The average molecular weight is 315 g/mol. The maximum absolute atomic E-state index is 12.9. The van der Waals surface area contributed by atoms with Gasteiger partial charge in [-0.3, -0.25) is 4.79 Å². The molecule has 1 spiro atoms. The molecule has 3 rings (SSSR count). The monoisotopic (exact) mass is 314 g/mol. The third kappa shape index (κ3) is 3.24. The summed E-state index contributed by atoms with van der Waals surface area (Å²) in [5.74, 6) is 0.487. The van der Waals surface area contributed by atoms with E-state index in [1.165, 1.54) is 51.6 Å². The Kier molecular flexibility index (Phi) is 5.59. The zero-order valence-electron chi connectivity index (χ0n) is 13.5. The van der Waals surface area contributed by atoms with Gasteiger partial charge in [-0.05, 0) is 63.5 Å². The van der Waals surface area contributed by atoms with E-state index >= 15 is 0 Å². The van der Waals surface area contributed by atoms with Crippen LogP contribution in [0.3, 0.4) is 0 Å². The number of piperidine rings is 2. The summed E-state index contributed by atoms with van der Waals surface area (Å²) in [5, 5.41) is 3.47. The van der Waals surface area contributed by atoms with Gasteiger partial charge in [0.1, 0.15) is 0 Å². The first-order chi connectivity index (χ1) is 9.70. The molecule has 3 fully saturated rings. The fourth-order valence-corrected chi connectivity index (χ4v) is 4.75. The number of hydrogen-bond acceptors (Lipinski definition) is 2. The molecule has 0 aromatic rings. The van der Waals surface area contributed by atoms with Crippen LogP contribution in [0.15, 0.2) is 0 Å². The van der Waals surface area contributed by atoms with Crippen molar-refractivity contribution in [3.05, 3.63) is 0 Å². The Morgan fingerprint density at radius 2 is 1.57 bits per heavy atom. The van der Waals surface area contributed by atoms with Crippen LogP contribution >= 0.6 is 12.4 Å². The van der Waals surface area contributed by atoms with E-state index in [4.69, 9.17) is 0 Å². The quantitative estimate of drug-likeness (QED) is 0.847. The van der Waals surface area contributed by atoms with Crippen molar-refractivity contribution in [3.8, 4) is 0 Å². The van der Waals surface area contributed by atoms with E-state index in [1.54, 1.807) is 0 Å². The third-order valence-corrected chi connectivity index (χ3v) is 6.47. The molecular formula is C17H31ClN2O. The normalized spacial score (nSPS) is 27.4. The predicted molar refractivity (Wildman–Crippen MR) is 88.8 cm³/mol. The van der Waals surface area contributed by atoms with E-state index in [-0.39, 0.29) is 17.8 Å². The van der Waals surface area contributed by atoms with Gasteiger partial charge in [-0.1, -0.05) is 19.8 Å². The second kappa shape index (κ2) is 6.87. The molecule has 2 aliphatic heterocycles. The summed E-state index contributed by atoms with van der Waals surface area (Å²) in [5.41, 5.74) is 0.565. The number of nitrogens with zero attached hydrogens (tertiary/aromatic N) is 1. The Morgan fingerprint density at radius 1 is 1.00 bits per heavy atom. The first-order valence-corrected chi connectivity index (χ1v) is 8.70. The largest absolute Gasteiger partial charge is 0.342 e. The zero-order chi connectivity index (χ0) is 14.1. The van der Waals surface area contributed by atoms with Crippen LogP contribution in [-0.4, -0.2) is 37.0 Å². The second-order valence-electron chi connectivity index (χ2n) is 7.38. The van der Waals surface area contributed by atoms with E-state index in [2.05, 4.69) is 17.1 Å². The molecule has 0 radical (unpaired) electrons. The Labute approximate surface area is 135 Å². The molecule has 3 aliphatic rings. The highest BCUT2D eigenvalue weighted by Crippen LogP contribution is 2.45. The zero-order valence-corrected chi connectivity index (χ0v) is 14.3. The minimum absolute atomic E-state index is 0. The fourth-order valence-electron chi connectivity index (χ4n) is 4.75. The van der Waals surface area contributed by atoms with Crippen molar-refractivity contribution in [1.29, 1.82) is 0 Å². The van der Waals surface area contributed by atoms with E-state index in [9.17, 15) is 4.79 Å². The molecule has 4 heteroatoms. The minimum atomic E-state index is 0. The molecule has 122 valence electrons. The lowest BCUT2D eigenvalue weighted by molar-refractivity contribution is -0.145. The highest BCUT2D eigenvalue weighted by atomic mass is 35.5. The molecule has 1 saturated carbocycles. The van der Waals surface area contributed by atoms with Crippen LogP contribution in [0.1, 0.15) is 64.7 Å². The molecule has 2 heterocycles. The van der Waals surface area contributed by atoms with Crippen molar-refractivity contribution in [1.82, 2.24) is 10.2 Å². The Hall–Kier alpha value is -0.280. The number of halogens is 1. The summed E-state index contributed by atoms with van der Waals surface area (Å²) < 4.78 is 0. The molecule has 0 bridgehead atoms. The summed E-state index contributed by atoms with van der Waals surface area (Å²) in [6.45, 7) is 6.59. The lowest BCUT2D eigenvalue weighted by atomic mass is 9.71. The summed E-state index contributed by atoms with van der Waals surface area (Å²) in [6, 6.07) is 0. The molecule has 1 N–H and O–H groups in total. The molecule has 0 aromatic heterocycles. The van der Waals surface area contributed by atoms with Gasteiger partial charge in [-0.15, -0.1) is 12.4 Å². The van der Waals surface area contributed by atoms with Crippen LogP contribution in [0.2, 0.25) is 0 Å². The number of amides is 1. The van der Waals surface area contributed by atoms with Gasteiger partial charge in [0.05, 0.1) is 0 Å². The van der Waals surface area contributed by atoms with Crippen molar-refractivity contribution in [2.75, 3.05) is 26.2 Å². The third-order valence-electron chi connectivity index (χ3n) is 6.47. The number of rotatable bonds is 2. The van der Waals surface area contributed by atoms with Gasteiger partial charge in [0.15, 0.2) is 0 Å². The van der Waals surface area contributed by atoms with Gasteiger partial charge in [0.25, 0.3) is 0 Å². The first-order valence-electron chi connectivity index (χ1n) is 8.70. The Bertz CT molecular complexity index is 350. The van der Waals surface area contributed by atoms with Gasteiger partial charge >= 0.3 is 0 Å².